The zero-order valence-electron chi connectivity index (χ0n) is 7.30. The predicted octanol–water partition coefficient (Wildman–Crippen LogP) is 1.05. The molecule has 1 aromatic rings. The Morgan fingerprint density at radius 1 is 1.62 bits per heavy atom. The van der Waals surface area contributed by atoms with E-state index in [1.165, 1.54) is 6.08 Å². The zero-order valence-corrected chi connectivity index (χ0v) is 7.30. The standard InChI is InChI=1S/C9H10N2O2/c1-2-13-9(12)4-3-8-7-10-5-6-11-8/h3-7H,2H2,1H3/b4-3+. The molecule has 1 rings (SSSR count). The molecular weight excluding hydrogens is 168 g/mol. The van der Waals surface area contributed by atoms with Crippen LogP contribution in [0.1, 0.15) is 12.6 Å². The van der Waals surface area contributed by atoms with Crippen molar-refractivity contribution in [2.75, 3.05) is 6.61 Å². The van der Waals surface area contributed by atoms with E-state index in [0.717, 1.165) is 0 Å². The third-order valence-corrected chi connectivity index (χ3v) is 1.26. The Kier molecular flexibility index (Phi) is 3.63. The summed E-state index contributed by atoms with van der Waals surface area (Å²) in [5.74, 6) is -0.367. The summed E-state index contributed by atoms with van der Waals surface area (Å²) < 4.78 is 4.69. The highest BCUT2D eigenvalue weighted by Crippen LogP contribution is 1.94. The normalized spacial score (nSPS) is 10.2. The third-order valence-electron chi connectivity index (χ3n) is 1.26. The molecule has 0 aromatic carbocycles. The summed E-state index contributed by atoms with van der Waals surface area (Å²) in [6, 6.07) is 0. The van der Waals surface area contributed by atoms with Gasteiger partial charge in [-0.05, 0) is 13.0 Å². The second kappa shape index (κ2) is 5.03. The quantitative estimate of drug-likeness (QED) is 0.513. The Morgan fingerprint density at radius 3 is 3.08 bits per heavy atom. The van der Waals surface area contributed by atoms with Gasteiger partial charge in [0.15, 0.2) is 0 Å². The monoisotopic (exact) mass is 178 g/mol. The molecule has 0 N–H and O–H groups in total. The molecule has 0 aliphatic carbocycles. The van der Waals surface area contributed by atoms with Gasteiger partial charge in [-0.3, -0.25) is 9.97 Å². The summed E-state index contributed by atoms with van der Waals surface area (Å²) in [5.41, 5.74) is 0.635. The molecule has 0 saturated heterocycles. The lowest BCUT2D eigenvalue weighted by Gasteiger charge is -1.93. The van der Waals surface area contributed by atoms with Crippen LogP contribution in [0.25, 0.3) is 6.08 Å². The fraction of sp³-hybridized carbons (Fsp3) is 0.222. The molecule has 0 atom stereocenters. The summed E-state index contributed by atoms with van der Waals surface area (Å²) in [6.45, 7) is 2.14. The number of esters is 1. The highest BCUT2D eigenvalue weighted by Gasteiger charge is 1.93. The fourth-order valence-corrected chi connectivity index (χ4v) is 0.740. The van der Waals surface area contributed by atoms with Gasteiger partial charge in [-0.2, -0.15) is 0 Å². The maximum Gasteiger partial charge on any atom is 0.330 e. The number of aromatic nitrogens is 2. The molecule has 0 radical (unpaired) electrons. The van der Waals surface area contributed by atoms with Gasteiger partial charge in [0.2, 0.25) is 0 Å². The molecule has 0 amide bonds. The number of carbonyl (C=O) groups is 1. The molecule has 68 valence electrons. The van der Waals surface area contributed by atoms with E-state index < -0.39 is 0 Å². The van der Waals surface area contributed by atoms with E-state index in [4.69, 9.17) is 0 Å². The Morgan fingerprint density at radius 2 is 2.46 bits per heavy atom. The Labute approximate surface area is 76.3 Å². The lowest BCUT2D eigenvalue weighted by molar-refractivity contribution is -0.137. The van der Waals surface area contributed by atoms with Crippen molar-refractivity contribution in [3.8, 4) is 0 Å². The van der Waals surface area contributed by atoms with E-state index in [9.17, 15) is 4.79 Å². The zero-order chi connectivity index (χ0) is 9.52. The van der Waals surface area contributed by atoms with Crippen molar-refractivity contribution in [1.29, 1.82) is 0 Å². The van der Waals surface area contributed by atoms with Crippen LogP contribution in [0.2, 0.25) is 0 Å². The number of hydrogen-bond acceptors (Lipinski definition) is 4. The molecule has 0 saturated carbocycles. The van der Waals surface area contributed by atoms with Crippen molar-refractivity contribution in [3.63, 3.8) is 0 Å². The number of carbonyl (C=O) groups excluding carboxylic acids is 1. The van der Waals surface area contributed by atoms with E-state index in [0.29, 0.717) is 12.3 Å². The maximum atomic E-state index is 10.9. The van der Waals surface area contributed by atoms with Gasteiger partial charge in [0, 0.05) is 18.5 Å². The first-order valence-corrected chi connectivity index (χ1v) is 3.93. The van der Waals surface area contributed by atoms with Crippen molar-refractivity contribution in [2.45, 2.75) is 6.92 Å². The number of nitrogens with zero attached hydrogens (tertiary/aromatic N) is 2. The molecule has 1 heterocycles. The summed E-state index contributed by atoms with van der Waals surface area (Å²) >= 11 is 0. The van der Waals surface area contributed by atoms with Crippen LogP contribution >= 0.6 is 0 Å². The van der Waals surface area contributed by atoms with Crippen LogP contribution in [-0.2, 0) is 9.53 Å². The molecule has 0 unspecified atom stereocenters. The van der Waals surface area contributed by atoms with Crippen LogP contribution in [-0.4, -0.2) is 22.5 Å². The largest absolute Gasteiger partial charge is 0.463 e. The van der Waals surface area contributed by atoms with E-state index in [1.807, 2.05) is 0 Å². The molecule has 4 nitrogen and oxygen atoms in total. The van der Waals surface area contributed by atoms with Gasteiger partial charge in [-0.1, -0.05) is 0 Å². The van der Waals surface area contributed by atoms with Crippen LogP contribution in [0.4, 0.5) is 0 Å². The van der Waals surface area contributed by atoms with Crippen LogP contribution in [0, 0.1) is 0 Å². The maximum absolute atomic E-state index is 10.9. The number of hydrogen-bond donors (Lipinski definition) is 0. The minimum atomic E-state index is -0.367. The SMILES string of the molecule is CCOC(=O)/C=C/c1cnccn1. The third kappa shape index (κ3) is 3.46. The molecule has 13 heavy (non-hydrogen) atoms. The van der Waals surface area contributed by atoms with Gasteiger partial charge >= 0.3 is 5.97 Å². The minimum absolute atomic E-state index is 0.367. The fourth-order valence-electron chi connectivity index (χ4n) is 0.740. The van der Waals surface area contributed by atoms with E-state index >= 15 is 0 Å². The second-order valence-electron chi connectivity index (χ2n) is 2.22. The van der Waals surface area contributed by atoms with Gasteiger partial charge in [-0.25, -0.2) is 4.79 Å². The summed E-state index contributed by atoms with van der Waals surface area (Å²) in [7, 11) is 0. The minimum Gasteiger partial charge on any atom is -0.463 e. The van der Waals surface area contributed by atoms with Crippen molar-refractivity contribution in [2.24, 2.45) is 0 Å². The Balaban J connectivity index is 2.54. The lowest BCUT2D eigenvalue weighted by atomic mass is 10.4. The molecule has 0 spiro atoms. The first-order chi connectivity index (χ1) is 6.33. The number of ether oxygens (including phenoxy) is 1. The van der Waals surface area contributed by atoms with Crippen molar-refractivity contribution < 1.29 is 9.53 Å². The van der Waals surface area contributed by atoms with E-state index in [1.54, 1.807) is 31.6 Å². The van der Waals surface area contributed by atoms with Crippen molar-refractivity contribution in [3.05, 3.63) is 30.4 Å². The molecule has 0 aliphatic rings. The van der Waals surface area contributed by atoms with Gasteiger partial charge in [0.1, 0.15) is 0 Å². The Hall–Kier alpha value is -1.71. The molecule has 4 heteroatoms. The predicted molar refractivity (Wildman–Crippen MR) is 47.7 cm³/mol. The highest BCUT2D eigenvalue weighted by molar-refractivity contribution is 5.86. The first kappa shape index (κ1) is 9.38. The first-order valence-electron chi connectivity index (χ1n) is 3.93. The topological polar surface area (TPSA) is 52.1 Å². The Bertz CT molecular complexity index is 296. The van der Waals surface area contributed by atoms with Crippen molar-refractivity contribution in [1.82, 2.24) is 9.97 Å². The van der Waals surface area contributed by atoms with E-state index in [-0.39, 0.29) is 5.97 Å². The van der Waals surface area contributed by atoms with Gasteiger partial charge < -0.3 is 4.74 Å². The molecular formula is C9H10N2O2. The summed E-state index contributed by atoms with van der Waals surface area (Å²) in [5, 5.41) is 0. The van der Waals surface area contributed by atoms with Crippen LogP contribution in [0.5, 0.6) is 0 Å². The molecule has 0 bridgehead atoms. The van der Waals surface area contributed by atoms with Crippen LogP contribution in [0.15, 0.2) is 24.7 Å². The number of rotatable bonds is 3. The smallest absolute Gasteiger partial charge is 0.330 e. The molecule has 0 aliphatic heterocycles. The molecule has 0 fully saturated rings. The summed E-state index contributed by atoms with van der Waals surface area (Å²) in [6.07, 6.45) is 7.58. The average Bonchev–Trinajstić information content (AvgIpc) is 2.17. The van der Waals surface area contributed by atoms with Crippen LogP contribution in [0.3, 0.4) is 0 Å². The van der Waals surface area contributed by atoms with Gasteiger partial charge in [0.05, 0.1) is 18.5 Å². The van der Waals surface area contributed by atoms with E-state index in [2.05, 4.69) is 14.7 Å². The van der Waals surface area contributed by atoms with Gasteiger partial charge in [-0.15, -0.1) is 0 Å². The lowest BCUT2D eigenvalue weighted by Crippen LogP contribution is -1.98. The highest BCUT2D eigenvalue weighted by atomic mass is 16.5. The summed E-state index contributed by atoms with van der Waals surface area (Å²) in [4.78, 5) is 18.7. The van der Waals surface area contributed by atoms with Gasteiger partial charge in [0.25, 0.3) is 0 Å². The van der Waals surface area contributed by atoms with Crippen molar-refractivity contribution >= 4 is 12.0 Å². The molecule has 1 aromatic heterocycles. The second-order valence-corrected chi connectivity index (χ2v) is 2.22. The van der Waals surface area contributed by atoms with Crippen LogP contribution < -0.4 is 0 Å². The average molecular weight is 178 g/mol.